The Morgan fingerprint density at radius 2 is 2.33 bits per heavy atom. The molecule has 2 heterocycles. The van der Waals surface area contributed by atoms with Crippen molar-refractivity contribution in [2.24, 2.45) is 0 Å². The van der Waals surface area contributed by atoms with Crippen molar-refractivity contribution < 1.29 is 9.18 Å². The first-order valence-corrected chi connectivity index (χ1v) is 8.73. The molecule has 0 unspecified atom stereocenters. The van der Waals surface area contributed by atoms with Crippen LogP contribution in [-0.4, -0.2) is 21.2 Å². The molecule has 0 spiro atoms. The smallest absolute Gasteiger partial charge is 0.235 e. The minimum absolute atomic E-state index is 0.134. The highest BCUT2D eigenvalue weighted by atomic mass is 32.2. The van der Waals surface area contributed by atoms with Crippen LogP contribution < -0.4 is 5.32 Å². The number of aromatic nitrogens is 2. The average Bonchev–Trinajstić information content (AvgIpc) is 3.21. The Kier molecular flexibility index (Phi) is 4.93. The lowest BCUT2D eigenvalue weighted by Gasteiger charge is -2.07. The van der Waals surface area contributed by atoms with Crippen molar-refractivity contribution in [3.05, 3.63) is 59.5 Å². The molecule has 1 N–H and O–H groups in total. The summed E-state index contributed by atoms with van der Waals surface area (Å²) in [7, 11) is 0. The lowest BCUT2D eigenvalue weighted by atomic mass is 10.3. The first-order valence-electron chi connectivity index (χ1n) is 6.87. The molecule has 1 aromatic carbocycles. The zero-order valence-electron chi connectivity index (χ0n) is 12.3. The molecule has 8 heteroatoms. The fourth-order valence-electron chi connectivity index (χ4n) is 2.01. The molecule has 0 aliphatic carbocycles. The Balaban J connectivity index is 1.67. The standard InChI is InChI=1S/C16H11FN4OS2/c17-12-2-1-3-13(8-12)21-6-5-19-16(21)24-10-14(22)20-15-11(9-18)4-7-23-15/h1-8H,10H2,(H,20,22). The molecule has 0 fully saturated rings. The van der Waals surface area contributed by atoms with Crippen LogP contribution in [0.5, 0.6) is 0 Å². The van der Waals surface area contributed by atoms with E-state index in [-0.39, 0.29) is 17.5 Å². The van der Waals surface area contributed by atoms with Crippen molar-refractivity contribution in [1.82, 2.24) is 9.55 Å². The SMILES string of the molecule is N#Cc1ccsc1NC(=O)CSc1nccn1-c1cccc(F)c1. The molecule has 3 rings (SSSR count). The van der Waals surface area contributed by atoms with Crippen molar-refractivity contribution in [2.75, 3.05) is 11.1 Å². The predicted molar refractivity (Wildman–Crippen MR) is 91.9 cm³/mol. The molecule has 5 nitrogen and oxygen atoms in total. The Morgan fingerprint density at radius 1 is 1.46 bits per heavy atom. The number of nitrogens with zero attached hydrogens (tertiary/aromatic N) is 3. The molecule has 0 aliphatic rings. The van der Waals surface area contributed by atoms with Crippen molar-refractivity contribution >= 4 is 34.0 Å². The Labute approximate surface area is 145 Å². The number of hydrogen-bond donors (Lipinski definition) is 1. The summed E-state index contributed by atoms with van der Waals surface area (Å²) in [6.07, 6.45) is 3.31. The van der Waals surface area contributed by atoms with E-state index in [1.165, 1.54) is 35.2 Å². The second-order valence-corrected chi connectivity index (χ2v) is 6.53. The Morgan fingerprint density at radius 3 is 3.12 bits per heavy atom. The van der Waals surface area contributed by atoms with Crippen molar-refractivity contribution in [2.45, 2.75) is 5.16 Å². The molecule has 0 bridgehead atoms. The highest BCUT2D eigenvalue weighted by Crippen LogP contribution is 2.24. The van der Waals surface area contributed by atoms with Gasteiger partial charge in [-0.05, 0) is 29.6 Å². The Bertz CT molecular complexity index is 913. The number of hydrogen-bond acceptors (Lipinski definition) is 5. The monoisotopic (exact) mass is 358 g/mol. The number of carbonyl (C=O) groups is 1. The molecule has 0 saturated heterocycles. The number of imidazole rings is 1. The van der Waals surface area contributed by atoms with Gasteiger partial charge < -0.3 is 5.32 Å². The van der Waals surface area contributed by atoms with Gasteiger partial charge in [0.05, 0.1) is 17.0 Å². The third-order valence-corrected chi connectivity index (χ3v) is 4.86. The quantitative estimate of drug-likeness (QED) is 0.707. The van der Waals surface area contributed by atoms with Crippen molar-refractivity contribution in [3.63, 3.8) is 0 Å². The van der Waals surface area contributed by atoms with Gasteiger partial charge in [-0.3, -0.25) is 9.36 Å². The fourth-order valence-corrected chi connectivity index (χ4v) is 3.53. The largest absolute Gasteiger partial charge is 0.316 e. The van der Waals surface area contributed by atoms with E-state index in [1.54, 1.807) is 40.5 Å². The van der Waals surface area contributed by atoms with Crippen LogP contribution in [0.25, 0.3) is 5.69 Å². The van der Waals surface area contributed by atoms with E-state index in [4.69, 9.17) is 5.26 Å². The molecule has 0 radical (unpaired) electrons. The lowest BCUT2D eigenvalue weighted by molar-refractivity contribution is -0.113. The molecule has 24 heavy (non-hydrogen) atoms. The minimum Gasteiger partial charge on any atom is -0.316 e. The Hall–Kier alpha value is -2.63. The maximum atomic E-state index is 13.4. The van der Waals surface area contributed by atoms with Crippen LogP contribution in [0, 0.1) is 17.1 Å². The number of amides is 1. The third kappa shape index (κ3) is 3.64. The summed E-state index contributed by atoms with van der Waals surface area (Å²) >= 11 is 2.54. The van der Waals surface area contributed by atoms with E-state index >= 15 is 0 Å². The van der Waals surface area contributed by atoms with Crippen LogP contribution in [0.15, 0.2) is 53.3 Å². The van der Waals surface area contributed by atoms with E-state index in [9.17, 15) is 9.18 Å². The van der Waals surface area contributed by atoms with E-state index in [0.29, 0.717) is 21.4 Å². The summed E-state index contributed by atoms with van der Waals surface area (Å²) in [5, 5.41) is 14.5. The predicted octanol–water partition coefficient (Wildman–Crippen LogP) is 3.68. The summed E-state index contributed by atoms with van der Waals surface area (Å²) in [5.41, 5.74) is 1.08. The van der Waals surface area contributed by atoms with Crippen molar-refractivity contribution in [1.29, 1.82) is 5.26 Å². The number of halogens is 1. The molecule has 0 atom stereocenters. The molecular formula is C16H11FN4OS2. The average molecular weight is 358 g/mol. The molecular weight excluding hydrogens is 347 g/mol. The summed E-state index contributed by atoms with van der Waals surface area (Å²) in [6, 6.07) is 9.83. The molecule has 3 aromatic rings. The highest BCUT2D eigenvalue weighted by molar-refractivity contribution is 7.99. The van der Waals surface area contributed by atoms with E-state index in [2.05, 4.69) is 10.3 Å². The number of rotatable bonds is 5. The minimum atomic E-state index is -0.336. The summed E-state index contributed by atoms with van der Waals surface area (Å²) in [6.45, 7) is 0. The number of thioether (sulfide) groups is 1. The zero-order chi connectivity index (χ0) is 16.9. The second kappa shape index (κ2) is 7.29. The van der Waals surface area contributed by atoms with Crippen molar-refractivity contribution in [3.8, 4) is 11.8 Å². The van der Waals surface area contributed by atoms with Crippen LogP contribution >= 0.6 is 23.1 Å². The van der Waals surface area contributed by atoms with Gasteiger partial charge in [0, 0.05) is 12.4 Å². The van der Waals surface area contributed by atoms with Crippen LogP contribution in [0.3, 0.4) is 0 Å². The molecule has 120 valence electrons. The number of carbonyl (C=O) groups excluding carboxylic acids is 1. The lowest BCUT2D eigenvalue weighted by Crippen LogP contribution is -2.14. The molecule has 2 aromatic heterocycles. The van der Waals surface area contributed by atoms with Gasteiger partial charge in [0.2, 0.25) is 5.91 Å². The van der Waals surface area contributed by atoms with Gasteiger partial charge in [-0.15, -0.1) is 11.3 Å². The molecule has 1 amide bonds. The number of nitriles is 1. The van der Waals surface area contributed by atoms with Gasteiger partial charge in [-0.2, -0.15) is 5.26 Å². The number of benzene rings is 1. The first kappa shape index (κ1) is 16.2. The second-order valence-electron chi connectivity index (χ2n) is 4.67. The van der Waals surface area contributed by atoms with E-state index < -0.39 is 0 Å². The zero-order valence-corrected chi connectivity index (χ0v) is 13.9. The maximum absolute atomic E-state index is 13.4. The first-order chi connectivity index (χ1) is 11.7. The maximum Gasteiger partial charge on any atom is 0.235 e. The molecule has 0 aliphatic heterocycles. The summed E-state index contributed by atoms with van der Waals surface area (Å²) in [5.74, 6) is -0.431. The van der Waals surface area contributed by atoms with Crippen LogP contribution in [-0.2, 0) is 4.79 Å². The highest BCUT2D eigenvalue weighted by Gasteiger charge is 2.12. The van der Waals surface area contributed by atoms with E-state index in [0.717, 1.165) is 0 Å². The van der Waals surface area contributed by atoms with Gasteiger partial charge in [0.15, 0.2) is 5.16 Å². The summed E-state index contributed by atoms with van der Waals surface area (Å²) < 4.78 is 15.1. The normalized spacial score (nSPS) is 10.3. The van der Waals surface area contributed by atoms with Gasteiger partial charge in [0.1, 0.15) is 16.9 Å². The number of thiophene rings is 1. The summed E-state index contributed by atoms with van der Waals surface area (Å²) in [4.78, 5) is 16.2. The van der Waals surface area contributed by atoms with Crippen LogP contribution in [0.1, 0.15) is 5.56 Å². The fraction of sp³-hybridized carbons (Fsp3) is 0.0625. The number of nitrogens with one attached hydrogen (secondary N) is 1. The van der Waals surface area contributed by atoms with Gasteiger partial charge in [-0.25, -0.2) is 9.37 Å². The van der Waals surface area contributed by atoms with Gasteiger partial charge >= 0.3 is 0 Å². The van der Waals surface area contributed by atoms with Crippen LogP contribution in [0.4, 0.5) is 9.39 Å². The number of anilines is 1. The van der Waals surface area contributed by atoms with Gasteiger partial charge in [0.25, 0.3) is 0 Å². The molecule has 0 saturated carbocycles. The van der Waals surface area contributed by atoms with Gasteiger partial charge in [-0.1, -0.05) is 17.8 Å². The van der Waals surface area contributed by atoms with E-state index in [1.807, 2.05) is 6.07 Å². The van der Waals surface area contributed by atoms with Crippen LogP contribution in [0.2, 0.25) is 0 Å². The topological polar surface area (TPSA) is 70.7 Å². The third-order valence-electron chi connectivity index (χ3n) is 3.06.